The van der Waals surface area contributed by atoms with Crippen LogP contribution in [0.4, 0.5) is 5.00 Å². The number of anilines is 1. The van der Waals surface area contributed by atoms with Gasteiger partial charge in [-0.3, -0.25) is 14.4 Å². The van der Waals surface area contributed by atoms with Gasteiger partial charge in [-0.15, -0.1) is 11.3 Å². The third-order valence-electron chi connectivity index (χ3n) is 4.63. The number of aryl methyl sites for hydroxylation is 2. The van der Waals surface area contributed by atoms with Crippen LogP contribution in [0.5, 0.6) is 0 Å². The van der Waals surface area contributed by atoms with Crippen molar-refractivity contribution in [3.05, 3.63) is 76.1 Å². The molecular formula is C24H26N2O5S. The van der Waals surface area contributed by atoms with E-state index in [0.717, 1.165) is 28.0 Å². The van der Waals surface area contributed by atoms with E-state index in [2.05, 4.69) is 10.6 Å². The van der Waals surface area contributed by atoms with Gasteiger partial charge in [-0.1, -0.05) is 29.8 Å². The summed E-state index contributed by atoms with van der Waals surface area (Å²) in [6, 6.07) is 12.0. The molecule has 0 saturated heterocycles. The first kappa shape index (κ1) is 23.3. The Morgan fingerprint density at radius 3 is 2.41 bits per heavy atom. The molecule has 0 saturated carbocycles. The van der Waals surface area contributed by atoms with Gasteiger partial charge in [0.15, 0.2) is 5.76 Å². The van der Waals surface area contributed by atoms with Gasteiger partial charge in [0.2, 0.25) is 0 Å². The molecule has 2 heterocycles. The zero-order valence-corrected chi connectivity index (χ0v) is 19.2. The summed E-state index contributed by atoms with van der Waals surface area (Å²) in [6.07, 6.45) is 1.19. The molecule has 3 rings (SSSR count). The molecule has 168 valence electrons. The van der Waals surface area contributed by atoms with E-state index in [-0.39, 0.29) is 30.2 Å². The van der Waals surface area contributed by atoms with E-state index in [9.17, 15) is 14.4 Å². The molecule has 0 radical (unpaired) electrons. The molecule has 0 aliphatic carbocycles. The predicted octanol–water partition coefficient (Wildman–Crippen LogP) is 5.02. The second-order valence-electron chi connectivity index (χ2n) is 7.73. The van der Waals surface area contributed by atoms with Gasteiger partial charge in [0, 0.05) is 0 Å². The maximum absolute atomic E-state index is 13.1. The number of furan rings is 1. The number of ether oxygens (including phenoxy) is 1. The largest absolute Gasteiger partial charge is 0.463 e. The van der Waals surface area contributed by atoms with Crippen molar-refractivity contribution in [1.82, 2.24) is 5.32 Å². The highest BCUT2D eigenvalue weighted by molar-refractivity contribution is 7.18. The normalized spacial score (nSPS) is 11.8. The number of esters is 1. The number of hydrogen-bond donors (Lipinski definition) is 2. The van der Waals surface area contributed by atoms with Crippen LogP contribution in [-0.4, -0.2) is 23.9 Å². The lowest BCUT2D eigenvalue weighted by atomic mass is 10.0. The van der Waals surface area contributed by atoms with E-state index in [1.165, 1.54) is 6.26 Å². The number of nitrogens with one attached hydrogen (secondary N) is 2. The van der Waals surface area contributed by atoms with Crippen molar-refractivity contribution in [2.45, 2.75) is 46.3 Å². The highest BCUT2D eigenvalue weighted by atomic mass is 32.1. The summed E-state index contributed by atoms with van der Waals surface area (Å²) in [5.41, 5.74) is 2.61. The number of hydrogen-bond acceptors (Lipinski definition) is 6. The Morgan fingerprint density at radius 1 is 1.06 bits per heavy atom. The first-order valence-corrected chi connectivity index (χ1v) is 11.1. The molecule has 1 atom stereocenters. The van der Waals surface area contributed by atoms with Crippen LogP contribution >= 0.6 is 11.3 Å². The lowest BCUT2D eigenvalue weighted by Gasteiger charge is -2.19. The van der Waals surface area contributed by atoms with Gasteiger partial charge in [-0.2, -0.15) is 0 Å². The van der Waals surface area contributed by atoms with Gasteiger partial charge in [0.25, 0.3) is 11.8 Å². The monoisotopic (exact) mass is 454 g/mol. The van der Waals surface area contributed by atoms with Crippen molar-refractivity contribution in [3.8, 4) is 0 Å². The molecule has 2 amide bonds. The van der Waals surface area contributed by atoms with Crippen LogP contribution in [0.25, 0.3) is 0 Å². The molecule has 3 aromatic rings. The Morgan fingerprint density at radius 2 is 1.78 bits per heavy atom. The summed E-state index contributed by atoms with van der Waals surface area (Å²) in [4.78, 5) is 38.0. The third-order valence-corrected chi connectivity index (χ3v) is 5.78. The Labute approximate surface area is 190 Å². The van der Waals surface area contributed by atoms with Gasteiger partial charge < -0.3 is 19.8 Å². The van der Waals surface area contributed by atoms with Crippen LogP contribution in [0.2, 0.25) is 0 Å². The molecule has 7 nitrogen and oxygen atoms in total. The lowest BCUT2D eigenvalue weighted by molar-refractivity contribution is -0.147. The van der Waals surface area contributed by atoms with Crippen LogP contribution in [0.1, 0.15) is 63.2 Å². The highest BCUT2D eigenvalue weighted by Gasteiger charge is 2.23. The van der Waals surface area contributed by atoms with E-state index in [1.807, 2.05) is 31.2 Å². The van der Waals surface area contributed by atoms with Crippen molar-refractivity contribution in [3.63, 3.8) is 0 Å². The smallest absolute Gasteiger partial charge is 0.308 e. The Kier molecular flexibility index (Phi) is 7.48. The topological polar surface area (TPSA) is 97.6 Å². The van der Waals surface area contributed by atoms with Crippen molar-refractivity contribution in [2.75, 3.05) is 5.32 Å². The van der Waals surface area contributed by atoms with Crippen LogP contribution in [-0.2, 0) is 9.53 Å². The van der Waals surface area contributed by atoms with Gasteiger partial charge in [-0.25, -0.2) is 0 Å². The van der Waals surface area contributed by atoms with E-state index in [0.29, 0.717) is 9.88 Å². The quantitative estimate of drug-likeness (QED) is 0.466. The predicted molar refractivity (Wildman–Crippen MR) is 123 cm³/mol. The molecule has 0 aliphatic rings. The Hall–Kier alpha value is -3.39. The Balaban J connectivity index is 1.76. The summed E-state index contributed by atoms with van der Waals surface area (Å²) in [6.45, 7) is 7.33. The molecule has 8 heteroatoms. The molecule has 0 aliphatic heterocycles. The minimum absolute atomic E-state index is 0.0134. The fourth-order valence-electron chi connectivity index (χ4n) is 3.10. The standard InChI is InChI=1S/C24H26N2O5S/c1-14(2)31-21(27)13-18(17-9-7-15(3)8-10-17)25-24(29)22-16(4)12-20(32-22)26-23(28)19-6-5-11-30-19/h5-12,14,18H,13H2,1-4H3,(H,25,29)(H,26,28). The number of benzene rings is 1. The van der Waals surface area contributed by atoms with Crippen molar-refractivity contribution in [2.24, 2.45) is 0 Å². The number of carbonyl (C=O) groups excluding carboxylic acids is 3. The SMILES string of the molecule is Cc1ccc(C(CC(=O)OC(C)C)NC(=O)c2sc(NC(=O)c3ccco3)cc2C)cc1. The van der Waals surface area contributed by atoms with E-state index in [1.54, 1.807) is 39.0 Å². The molecule has 2 aromatic heterocycles. The minimum atomic E-state index is -0.544. The fraction of sp³-hybridized carbons (Fsp3) is 0.292. The first-order chi connectivity index (χ1) is 15.2. The zero-order chi connectivity index (χ0) is 23.3. The molecule has 0 fully saturated rings. The molecule has 0 spiro atoms. The van der Waals surface area contributed by atoms with E-state index in [4.69, 9.17) is 9.15 Å². The summed E-state index contributed by atoms with van der Waals surface area (Å²) >= 11 is 1.16. The molecule has 2 N–H and O–H groups in total. The number of carbonyl (C=O) groups is 3. The average molecular weight is 455 g/mol. The second kappa shape index (κ2) is 10.3. The first-order valence-electron chi connectivity index (χ1n) is 10.2. The molecule has 1 unspecified atom stereocenters. The highest BCUT2D eigenvalue weighted by Crippen LogP contribution is 2.28. The van der Waals surface area contributed by atoms with Gasteiger partial charge >= 0.3 is 5.97 Å². The van der Waals surface area contributed by atoms with Crippen LogP contribution in [0.3, 0.4) is 0 Å². The summed E-state index contributed by atoms with van der Waals surface area (Å²) in [5, 5.41) is 6.21. The van der Waals surface area contributed by atoms with Crippen molar-refractivity contribution in [1.29, 1.82) is 0 Å². The van der Waals surface area contributed by atoms with Crippen LogP contribution in [0.15, 0.2) is 53.1 Å². The number of rotatable bonds is 8. The minimum Gasteiger partial charge on any atom is -0.463 e. The average Bonchev–Trinajstić information content (AvgIpc) is 3.37. The van der Waals surface area contributed by atoms with Gasteiger partial charge in [0.1, 0.15) is 0 Å². The third kappa shape index (κ3) is 6.07. The summed E-state index contributed by atoms with van der Waals surface area (Å²) in [7, 11) is 0. The van der Waals surface area contributed by atoms with Crippen molar-refractivity contribution < 1.29 is 23.5 Å². The summed E-state index contributed by atoms with van der Waals surface area (Å²) < 4.78 is 10.4. The lowest BCUT2D eigenvalue weighted by Crippen LogP contribution is -2.31. The Bertz CT molecular complexity index is 1080. The zero-order valence-electron chi connectivity index (χ0n) is 18.4. The maximum atomic E-state index is 13.1. The maximum Gasteiger partial charge on any atom is 0.308 e. The van der Waals surface area contributed by atoms with Crippen LogP contribution < -0.4 is 10.6 Å². The summed E-state index contributed by atoms with van der Waals surface area (Å²) in [5.74, 6) is -0.920. The molecule has 0 bridgehead atoms. The second-order valence-corrected chi connectivity index (χ2v) is 8.79. The van der Waals surface area contributed by atoms with Gasteiger partial charge in [0.05, 0.1) is 34.7 Å². The number of amides is 2. The van der Waals surface area contributed by atoms with E-state index < -0.39 is 11.9 Å². The number of thiophene rings is 1. The molecule has 1 aromatic carbocycles. The van der Waals surface area contributed by atoms with Gasteiger partial charge in [-0.05, 0) is 57.0 Å². The fourth-order valence-corrected chi connectivity index (χ4v) is 4.07. The van der Waals surface area contributed by atoms with Crippen LogP contribution in [0, 0.1) is 13.8 Å². The van der Waals surface area contributed by atoms with Crippen molar-refractivity contribution >= 4 is 34.1 Å². The molecular weight excluding hydrogens is 428 g/mol. The van der Waals surface area contributed by atoms with E-state index >= 15 is 0 Å². The molecule has 32 heavy (non-hydrogen) atoms.